The van der Waals surface area contributed by atoms with Crippen molar-refractivity contribution in [2.24, 2.45) is 0 Å². The van der Waals surface area contributed by atoms with Gasteiger partial charge in [-0.3, -0.25) is 9.11 Å². The van der Waals surface area contributed by atoms with E-state index in [1.165, 1.54) is 0 Å². The highest BCUT2D eigenvalue weighted by molar-refractivity contribution is 8.26. The topological polar surface area (TPSA) is 65.0 Å². The Labute approximate surface area is 132 Å². The van der Waals surface area contributed by atoms with Crippen molar-refractivity contribution in [3.8, 4) is 5.75 Å². The first-order chi connectivity index (χ1) is 10.6. The molecule has 2 aromatic carbocycles. The maximum atomic E-state index is 10.8. The van der Waals surface area contributed by atoms with E-state index in [9.17, 15) is 9.11 Å². The number of ether oxygens (including phenoxy) is 1. The first kappa shape index (κ1) is 15.2. The molecule has 1 atom stereocenters. The molecule has 0 unspecified atom stereocenters. The summed E-state index contributed by atoms with van der Waals surface area (Å²) in [5.41, 5.74) is 0.747. The van der Waals surface area contributed by atoms with Crippen LogP contribution in [0, 0.1) is 0 Å². The molecule has 0 amide bonds. The second kappa shape index (κ2) is 6.18. The van der Waals surface area contributed by atoms with Crippen LogP contribution in [-0.2, 0) is 0 Å². The van der Waals surface area contributed by atoms with E-state index in [-0.39, 0.29) is 0 Å². The Morgan fingerprint density at radius 2 is 1.77 bits per heavy atom. The molecule has 5 nitrogen and oxygen atoms in total. The molecule has 0 aromatic heterocycles. The number of benzene rings is 2. The molecule has 0 fully saturated rings. The van der Waals surface area contributed by atoms with Crippen molar-refractivity contribution >= 4 is 22.2 Å². The molecule has 0 bridgehead atoms. The predicted molar refractivity (Wildman–Crippen MR) is 90.8 cm³/mol. The van der Waals surface area contributed by atoms with Crippen molar-refractivity contribution in [3.05, 3.63) is 54.6 Å². The van der Waals surface area contributed by atoms with E-state index in [1.807, 2.05) is 61.6 Å². The van der Waals surface area contributed by atoms with Gasteiger partial charge in [0, 0.05) is 13.0 Å². The lowest BCUT2D eigenvalue weighted by atomic mass is 10.2. The molecule has 22 heavy (non-hydrogen) atoms. The van der Waals surface area contributed by atoms with Crippen LogP contribution < -0.4 is 14.4 Å². The Balaban J connectivity index is 2.07. The number of para-hydroxylation sites is 3. The SMILES string of the molecule is CNCC[C@@H]1Oc2ccccc2N(c2ccccc2)S1(O)O. The molecule has 3 rings (SSSR count). The molecule has 1 aliphatic heterocycles. The third-order valence-electron chi connectivity index (χ3n) is 3.58. The average Bonchev–Trinajstić information content (AvgIpc) is 2.53. The lowest BCUT2D eigenvalue weighted by Crippen LogP contribution is -2.40. The summed E-state index contributed by atoms with van der Waals surface area (Å²) in [7, 11) is -1.30. The average molecular weight is 320 g/mol. The Hall–Kier alpha value is -1.73. The number of fused-ring (bicyclic) bond motifs is 1. The summed E-state index contributed by atoms with van der Waals surface area (Å²) in [4.78, 5) is 0. The molecule has 1 aliphatic rings. The first-order valence-electron chi connectivity index (χ1n) is 7.17. The number of rotatable bonds is 4. The molecular weight excluding hydrogens is 300 g/mol. The Bertz CT molecular complexity index is 636. The van der Waals surface area contributed by atoms with Gasteiger partial charge >= 0.3 is 0 Å². The van der Waals surface area contributed by atoms with E-state index >= 15 is 0 Å². The minimum Gasteiger partial charge on any atom is -0.466 e. The van der Waals surface area contributed by atoms with E-state index in [0.29, 0.717) is 24.4 Å². The van der Waals surface area contributed by atoms with Gasteiger partial charge in [0.1, 0.15) is 11.4 Å². The molecule has 0 saturated heterocycles. The lowest BCUT2D eigenvalue weighted by molar-refractivity contribution is 0.238. The highest BCUT2D eigenvalue weighted by Gasteiger charge is 2.40. The summed E-state index contributed by atoms with van der Waals surface area (Å²) >= 11 is 0. The van der Waals surface area contributed by atoms with E-state index in [0.717, 1.165) is 5.69 Å². The summed E-state index contributed by atoms with van der Waals surface area (Å²) in [6.07, 6.45) is 0.510. The molecular formula is C16H20N2O3S. The Morgan fingerprint density at radius 1 is 1.09 bits per heavy atom. The van der Waals surface area contributed by atoms with Crippen molar-refractivity contribution in [1.82, 2.24) is 5.32 Å². The minimum atomic E-state index is -3.13. The summed E-state index contributed by atoms with van der Waals surface area (Å²) in [5, 5.41) is 3.02. The monoisotopic (exact) mass is 320 g/mol. The van der Waals surface area contributed by atoms with Gasteiger partial charge in [-0.05, 0) is 31.3 Å². The third kappa shape index (κ3) is 2.66. The quantitative estimate of drug-likeness (QED) is 0.799. The van der Waals surface area contributed by atoms with Gasteiger partial charge in [0.25, 0.3) is 0 Å². The van der Waals surface area contributed by atoms with Crippen LogP contribution in [-0.4, -0.2) is 28.1 Å². The van der Waals surface area contributed by atoms with E-state index < -0.39 is 16.2 Å². The van der Waals surface area contributed by atoms with Gasteiger partial charge < -0.3 is 10.1 Å². The number of hydrogen-bond donors (Lipinski definition) is 3. The number of nitrogens with one attached hydrogen (secondary N) is 1. The van der Waals surface area contributed by atoms with Crippen LogP contribution in [0.1, 0.15) is 6.42 Å². The summed E-state index contributed by atoms with van der Waals surface area (Å²) < 4.78 is 29.1. The number of anilines is 2. The Morgan fingerprint density at radius 3 is 2.50 bits per heavy atom. The molecule has 118 valence electrons. The molecule has 3 N–H and O–H groups in total. The standard InChI is InChI=1S/C16H20N2O3S/c1-17-12-11-16-21-15-10-6-5-9-14(15)18(22(16,19)20)13-7-3-2-4-8-13/h2-10,16-17,19-20H,11-12H2,1H3/t16-/m1/s1. The fraction of sp³-hybridized carbons (Fsp3) is 0.250. The molecule has 0 spiro atoms. The highest BCUT2D eigenvalue weighted by atomic mass is 32.3. The largest absolute Gasteiger partial charge is 0.466 e. The zero-order valence-electron chi connectivity index (χ0n) is 12.3. The van der Waals surface area contributed by atoms with Crippen molar-refractivity contribution < 1.29 is 13.8 Å². The van der Waals surface area contributed by atoms with Gasteiger partial charge in [0.2, 0.25) is 5.44 Å². The summed E-state index contributed by atoms with van der Waals surface area (Å²) in [5.74, 6) is 0.665. The molecule has 2 aromatic rings. The fourth-order valence-corrected chi connectivity index (χ4v) is 4.30. The summed E-state index contributed by atoms with van der Waals surface area (Å²) in [6.45, 7) is 0.644. The van der Waals surface area contributed by atoms with Crippen LogP contribution in [0.3, 0.4) is 0 Å². The van der Waals surface area contributed by atoms with Gasteiger partial charge in [-0.15, -0.1) is 0 Å². The lowest BCUT2D eigenvalue weighted by Gasteiger charge is -2.51. The van der Waals surface area contributed by atoms with Crippen LogP contribution in [0.5, 0.6) is 5.75 Å². The van der Waals surface area contributed by atoms with E-state index in [1.54, 1.807) is 4.31 Å². The van der Waals surface area contributed by atoms with Crippen LogP contribution in [0.2, 0.25) is 0 Å². The zero-order valence-corrected chi connectivity index (χ0v) is 13.2. The van der Waals surface area contributed by atoms with Crippen LogP contribution in [0.4, 0.5) is 11.4 Å². The predicted octanol–water partition coefficient (Wildman–Crippen LogP) is 3.82. The molecule has 0 aliphatic carbocycles. The summed E-state index contributed by atoms with van der Waals surface area (Å²) in [6, 6.07) is 16.8. The van der Waals surface area contributed by atoms with Crippen molar-refractivity contribution in [3.63, 3.8) is 0 Å². The Kier molecular flexibility index (Phi) is 4.26. The number of hydrogen-bond acceptors (Lipinski definition) is 5. The van der Waals surface area contributed by atoms with Crippen LogP contribution in [0.25, 0.3) is 0 Å². The second-order valence-electron chi connectivity index (χ2n) is 5.10. The smallest absolute Gasteiger partial charge is 0.207 e. The van der Waals surface area contributed by atoms with E-state index in [2.05, 4.69) is 5.32 Å². The fourth-order valence-electron chi connectivity index (χ4n) is 2.53. The maximum Gasteiger partial charge on any atom is 0.207 e. The maximum absolute atomic E-state index is 10.8. The minimum absolute atomic E-state index is 0.510. The van der Waals surface area contributed by atoms with Crippen molar-refractivity contribution in [2.75, 3.05) is 17.9 Å². The molecule has 1 heterocycles. The van der Waals surface area contributed by atoms with Crippen LogP contribution >= 0.6 is 10.8 Å². The van der Waals surface area contributed by atoms with Gasteiger partial charge in [0.15, 0.2) is 0 Å². The van der Waals surface area contributed by atoms with Gasteiger partial charge in [0.05, 0.1) is 5.69 Å². The van der Waals surface area contributed by atoms with Crippen LogP contribution in [0.15, 0.2) is 54.6 Å². The number of nitrogens with zero attached hydrogens (tertiary/aromatic N) is 1. The van der Waals surface area contributed by atoms with Gasteiger partial charge in [-0.25, -0.2) is 4.31 Å². The molecule has 0 radical (unpaired) electrons. The second-order valence-corrected chi connectivity index (χ2v) is 7.11. The van der Waals surface area contributed by atoms with Crippen molar-refractivity contribution in [1.29, 1.82) is 0 Å². The highest BCUT2D eigenvalue weighted by Crippen LogP contribution is 2.61. The van der Waals surface area contributed by atoms with E-state index in [4.69, 9.17) is 4.74 Å². The zero-order chi connectivity index (χ0) is 15.6. The van der Waals surface area contributed by atoms with Gasteiger partial charge in [-0.2, -0.15) is 0 Å². The molecule has 0 saturated carbocycles. The third-order valence-corrected chi connectivity index (χ3v) is 5.57. The van der Waals surface area contributed by atoms with Crippen molar-refractivity contribution in [2.45, 2.75) is 11.9 Å². The normalized spacial score (nSPS) is 20.9. The first-order valence-corrected chi connectivity index (χ1v) is 8.74. The molecule has 6 heteroatoms. The van der Waals surface area contributed by atoms with Gasteiger partial charge in [-0.1, -0.05) is 41.1 Å².